The van der Waals surface area contributed by atoms with Gasteiger partial charge in [-0.2, -0.15) is 0 Å². The van der Waals surface area contributed by atoms with Crippen LogP contribution in [0.3, 0.4) is 0 Å². The van der Waals surface area contributed by atoms with Crippen molar-refractivity contribution in [3.05, 3.63) is 74.8 Å². The Morgan fingerprint density at radius 1 is 1.16 bits per heavy atom. The number of nitro benzene ring substituents is 1. The summed E-state index contributed by atoms with van der Waals surface area (Å²) >= 11 is 5.84. The van der Waals surface area contributed by atoms with Crippen molar-refractivity contribution in [1.29, 1.82) is 0 Å². The minimum Gasteiger partial charge on any atom is -0.294 e. The van der Waals surface area contributed by atoms with Crippen LogP contribution in [0.25, 0.3) is 0 Å². The van der Waals surface area contributed by atoms with E-state index in [4.69, 9.17) is 11.6 Å². The first-order valence-corrected chi connectivity index (χ1v) is 5.96. The Hall–Kier alpha value is -2.20. The second-order valence-electron chi connectivity index (χ2n) is 4.04. The van der Waals surface area contributed by atoms with Crippen LogP contribution >= 0.6 is 11.6 Å². The molecule has 2 rings (SSSR count). The van der Waals surface area contributed by atoms with E-state index in [2.05, 4.69) is 0 Å². The fourth-order valence-electron chi connectivity index (χ4n) is 1.73. The fourth-order valence-corrected chi connectivity index (χ4v) is 1.94. The summed E-state index contributed by atoms with van der Waals surface area (Å²) in [6.45, 7) is 0. The summed E-state index contributed by atoms with van der Waals surface area (Å²) in [5, 5.41) is 11.2. The molecule has 0 unspecified atom stereocenters. The molecule has 0 aliphatic carbocycles. The maximum Gasteiger partial charge on any atom is 0.270 e. The van der Waals surface area contributed by atoms with E-state index in [0.29, 0.717) is 10.6 Å². The highest BCUT2D eigenvalue weighted by molar-refractivity contribution is 6.30. The van der Waals surface area contributed by atoms with Gasteiger partial charge in [-0.15, -0.1) is 0 Å². The Morgan fingerprint density at radius 2 is 1.89 bits per heavy atom. The number of hydrogen-bond donors (Lipinski definition) is 0. The monoisotopic (exact) mass is 275 g/mol. The SMILES string of the molecule is O=C(Cc1cccc(Cl)c1)c1cccc([N+](=O)[O-])c1. The van der Waals surface area contributed by atoms with Crippen LogP contribution in [0.4, 0.5) is 5.69 Å². The highest BCUT2D eigenvalue weighted by atomic mass is 35.5. The summed E-state index contributed by atoms with van der Waals surface area (Å²) in [7, 11) is 0. The van der Waals surface area contributed by atoms with Gasteiger partial charge in [-0.1, -0.05) is 35.9 Å². The number of carbonyl (C=O) groups is 1. The van der Waals surface area contributed by atoms with E-state index in [1.165, 1.54) is 18.2 Å². The third kappa shape index (κ3) is 3.39. The summed E-state index contributed by atoms with van der Waals surface area (Å²) in [5.74, 6) is -0.175. The van der Waals surface area contributed by atoms with Crippen molar-refractivity contribution in [2.24, 2.45) is 0 Å². The Morgan fingerprint density at radius 3 is 2.58 bits per heavy atom. The first-order chi connectivity index (χ1) is 9.06. The van der Waals surface area contributed by atoms with Crippen molar-refractivity contribution in [3.8, 4) is 0 Å². The van der Waals surface area contributed by atoms with Crippen LogP contribution in [0.1, 0.15) is 15.9 Å². The molecule has 0 spiro atoms. The van der Waals surface area contributed by atoms with Gasteiger partial charge in [-0.25, -0.2) is 0 Å². The molecule has 0 fully saturated rings. The molecule has 5 heteroatoms. The number of rotatable bonds is 4. The maximum absolute atomic E-state index is 12.0. The summed E-state index contributed by atoms with van der Waals surface area (Å²) in [6, 6.07) is 12.7. The Labute approximate surface area is 114 Å². The summed E-state index contributed by atoms with van der Waals surface area (Å²) < 4.78 is 0. The number of halogens is 1. The van der Waals surface area contributed by atoms with Gasteiger partial charge < -0.3 is 0 Å². The predicted molar refractivity (Wildman–Crippen MR) is 72.6 cm³/mol. The number of hydrogen-bond acceptors (Lipinski definition) is 3. The first kappa shape index (κ1) is 13.2. The average molecular weight is 276 g/mol. The number of Topliss-reactive ketones (excluding diaryl/α,β-unsaturated/α-hetero) is 1. The molecule has 0 atom stereocenters. The molecule has 0 saturated heterocycles. The quantitative estimate of drug-likeness (QED) is 0.486. The van der Waals surface area contributed by atoms with E-state index < -0.39 is 4.92 Å². The Bertz CT molecular complexity index is 640. The van der Waals surface area contributed by atoms with Gasteiger partial charge in [0.05, 0.1) is 4.92 Å². The molecule has 0 radical (unpaired) electrons. The molecule has 19 heavy (non-hydrogen) atoms. The molecule has 0 bridgehead atoms. The molecule has 0 saturated carbocycles. The second kappa shape index (κ2) is 5.63. The van der Waals surface area contributed by atoms with Gasteiger partial charge in [0.2, 0.25) is 0 Å². The van der Waals surface area contributed by atoms with Crippen molar-refractivity contribution in [3.63, 3.8) is 0 Å². The van der Waals surface area contributed by atoms with Crippen LogP contribution in [-0.4, -0.2) is 10.7 Å². The van der Waals surface area contributed by atoms with E-state index in [-0.39, 0.29) is 17.9 Å². The molecule has 4 nitrogen and oxygen atoms in total. The number of nitro groups is 1. The number of ketones is 1. The molecule has 0 heterocycles. The Balaban J connectivity index is 2.20. The second-order valence-corrected chi connectivity index (χ2v) is 4.47. The molecule has 0 aliphatic heterocycles. The van der Waals surface area contributed by atoms with Gasteiger partial charge in [-0.05, 0) is 17.7 Å². The van der Waals surface area contributed by atoms with Gasteiger partial charge in [0.1, 0.15) is 0 Å². The molecular weight excluding hydrogens is 266 g/mol. The number of benzene rings is 2. The van der Waals surface area contributed by atoms with Crippen LogP contribution < -0.4 is 0 Å². The lowest BCUT2D eigenvalue weighted by Crippen LogP contribution is -2.04. The lowest BCUT2D eigenvalue weighted by molar-refractivity contribution is -0.384. The van der Waals surface area contributed by atoms with Crippen molar-refractivity contribution < 1.29 is 9.72 Å². The molecule has 0 N–H and O–H groups in total. The molecule has 2 aromatic rings. The molecule has 96 valence electrons. The molecular formula is C14H10ClNO3. The van der Waals surface area contributed by atoms with E-state index in [0.717, 1.165) is 5.56 Å². The molecule has 0 aliphatic rings. The molecule has 2 aromatic carbocycles. The fraction of sp³-hybridized carbons (Fsp3) is 0.0714. The summed E-state index contributed by atoms with van der Waals surface area (Å²) in [5.41, 5.74) is 1.02. The lowest BCUT2D eigenvalue weighted by Gasteiger charge is -2.02. The minimum atomic E-state index is -0.518. The topological polar surface area (TPSA) is 60.2 Å². The normalized spacial score (nSPS) is 10.2. The van der Waals surface area contributed by atoms with Crippen LogP contribution in [0.2, 0.25) is 5.02 Å². The van der Waals surface area contributed by atoms with Gasteiger partial charge in [0.25, 0.3) is 5.69 Å². The van der Waals surface area contributed by atoms with Gasteiger partial charge in [0.15, 0.2) is 5.78 Å². The Kier molecular flexibility index (Phi) is 3.92. The third-order valence-corrected chi connectivity index (χ3v) is 2.87. The zero-order valence-corrected chi connectivity index (χ0v) is 10.6. The van der Waals surface area contributed by atoms with Crippen molar-refractivity contribution in [2.75, 3.05) is 0 Å². The molecule has 0 aromatic heterocycles. The highest BCUT2D eigenvalue weighted by Gasteiger charge is 2.12. The van der Waals surface area contributed by atoms with Gasteiger partial charge in [-0.3, -0.25) is 14.9 Å². The average Bonchev–Trinajstić information content (AvgIpc) is 2.39. The first-order valence-electron chi connectivity index (χ1n) is 5.58. The third-order valence-electron chi connectivity index (χ3n) is 2.63. The standard InChI is InChI=1S/C14H10ClNO3/c15-12-5-1-3-10(7-12)8-14(17)11-4-2-6-13(9-11)16(18)19/h1-7,9H,8H2. The van der Waals surface area contributed by atoms with Crippen molar-refractivity contribution >= 4 is 23.1 Å². The zero-order chi connectivity index (χ0) is 13.8. The largest absolute Gasteiger partial charge is 0.294 e. The zero-order valence-electron chi connectivity index (χ0n) is 9.88. The van der Waals surface area contributed by atoms with Crippen LogP contribution in [0.5, 0.6) is 0 Å². The van der Waals surface area contributed by atoms with E-state index in [1.807, 2.05) is 0 Å². The van der Waals surface area contributed by atoms with Crippen LogP contribution in [0, 0.1) is 10.1 Å². The summed E-state index contributed by atoms with van der Waals surface area (Å²) in [6.07, 6.45) is 0.168. The van der Waals surface area contributed by atoms with Crippen LogP contribution in [0.15, 0.2) is 48.5 Å². The highest BCUT2D eigenvalue weighted by Crippen LogP contribution is 2.17. The van der Waals surface area contributed by atoms with Crippen molar-refractivity contribution in [1.82, 2.24) is 0 Å². The summed E-state index contributed by atoms with van der Waals surface area (Å²) in [4.78, 5) is 22.2. The van der Waals surface area contributed by atoms with E-state index in [1.54, 1.807) is 30.3 Å². The van der Waals surface area contributed by atoms with Crippen molar-refractivity contribution in [2.45, 2.75) is 6.42 Å². The predicted octanol–water partition coefficient (Wildman–Crippen LogP) is 3.67. The maximum atomic E-state index is 12.0. The van der Waals surface area contributed by atoms with Crippen LogP contribution in [-0.2, 0) is 6.42 Å². The minimum absolute atomic E-state index is 0.0862. The number of non-ortho nitro benzene ring substituents is 1. The van der Waals surface area contributed by atoms with E-state index >= 15 is 0 Å². The van der Waals surface area contributed by atoms with Gasteiger partial charge in [0, 0.05) is 29.1 Å². The smallest absolute Gasteiger partial charge is 0.270 e. The van der Waals surface area contributed by atoms with E-state index in [9.17, 15) is 14.9 Å². The lowest BCUT2D eigenvalue weighted by atomic mass is 10.0. The number of carbonyl (C=O) groups excluding carboxylic acids is 1. The van der Waals surface area contributed by atoms with Gasteiger partial charge >= 0.3 is 0 Å². The number of nitrogens with zero attached hydrogens (tertiary/aromatic N) is 1. The molecule has 0 amide bonds.